The summed E-state index contributed by atoms with van der Waals surface area (Å²) in [7, 11) is 0. The van der Waals surface area contributed by atoms with Gasteiger partial charge in [0, 0.05) is 5.69 Å². The molecule has 0 heterocycles. The van der Waals surface area contributed by atoms with Crippen LogP contribution in [0.4, 0.5) is 5.69 Å². The highest BCUT2D eigenvalue weighted by Gasteiger charge is 1.99. The second-order valence-corrected chi connectivity index (χ2v) is 3.71. The molecule has 2 aromatic rings. The van der Waals surface area contributed by atoms with Crippen molar-refractivity contribution in [2.75, 3.05) is 5.73 Å². The number of anilines is 1. The van der Waals surface area contributed by atoms with Gasteiger partial charge in [-0.1, -0.05) is 42.5 Å². The van der Waals surface area contributed by atoms with Crippen molar-refractivity contribution in [2.24, 2.45) is 0 Å². The molecule has 0 fully saturated rings. The second kappa shape index (κ2) is 5.00. The van der Waals surface area contributed by atoms with Gasteiger partial charge in [-0.05, 0) is 29.3 Å². The Bertz CT molecular complexity index is 577. The van der Waals surface area contributed by atoms with Crippen LogP contribution in [-0.4, -0.2) is 0 Å². The summed E-state index contributed by atoms with van der Waals surface area (Å²) in [5.74, 6) is 0. The molecule has 2 rings (SSSR count). The molecule has 17 heavy (non-hydrogen) atoms. The van der Waals surface area contributed by atoms with Crippen LogP contribution < -0.4 is 5.73 Å². The molecule has 0 bridgehead atoms. The van der Waals surface area contributed by atoms with E-state index in [0.29, 0.717) is 11.3 Å². The van der Waals surface area contributed by atoms with E-state index in [1.54, 1.807) is 0 Å². The van der Waals surface area contributed by atoms with Crippen molar-refractivity contribution >= 4 is 17.3 Å². The first-order valence-electron chi connectivity index (χ1n) is 5.32. The molecular weight excluding hydrogens is 208 g/mol. The summed E-state index contributed by atoms with van der Waals surface area (Å²) in [5.41, 5.74) is 8.89. The Morgan fingerprint density at radius 1 is 1.06 bits per heavy atom. The van der Waals surface area contributed by atoms with Crippen LogP contribution in [0.1, 0.15) is 11.1 Å². The Hall–Kier alpha value is -2.53. The number of nitrogens with zero attached hydrogens (tertiary/aromatic N) is 1. The fourth-order valence-corrected chi connectivity index (χ4v) is 1.61. The minimum Gasteiger partial charge on any atom is -0.399 e. The Labute approximate surface area is 101 Å². The first kappa shape index (κ1) is 11.0. The molecule has 2 aromatic carbocycles. The fourth-order valence-electron chi connectivity index (χ4n) is 1.61. The molecule has 0 radical (unpaired) electrons. The van der Waals surface area contributed by atoms with Gasteiger partial charge in [-0.3, -0.25) is 0 Å². The third-order valence-corrected chi connectivity index (χ3v) is 2.43. The van der Waals surface area contributed by atoms with Gasteiger partial charge in [-0.25, -0.2) is 0 Å². The number of allylic oxidation sites excluding steroid dienone is 1. The zero-order valence-corrected chi connectivity index (χ0v) is 9.30. The maximum Gasteiger partial charge on any atom is 0.0998 e. The minimum atomic E-state index is 0.635. The van der Waals surface area contributed by atoms with Crippen LogP contribution in [0.3, 0.4) is 0 Å². The summed E-state index contributed by atoms with van der Waals surface area (Å²) in [5, 5.41) is 9.16. The molecule has 0 saturated carbocycles. The van der Waals surface area contributed by atoms with Crippen LogP contribution >= 0.6 is 0 Å². The molecule has 0 aliphatic rings. The third-order valence-electron chi connectivity index (χ3n) is 2.43. The first-order valence-corrected chi connectivity index (χ1v) is 5.32. The Kier molecular flexibility index (Phi) is 3.23. The molecule has 0 aliphatic carbocycles. The van der Waals surface area contributed by atoms with E-state index in [2.05, 4.69) is 6.07 Å². The predicted molar refractivity (Wildman–Crippen MR) is 70.8 cm³/mol. The van der Waals surface area contributed by atoms with E-state index in [4.69, 9.17) is 11.0 Å². The number of hydrogen-bond donors (Lipinski definition) is 1. The summed E-state index contributed by atoms with van der Waals surface area (Å²) in [6.07, 6.45) is 1.84. The standard InChI is InChI=1S/C15H12N2/c16-11-14(13-6-2-1-3-7-13)9-12-5-4-8-15(17)10-12/h1-10H,17H2. The zero-order chi connectivity index (χ0) is 12.1. The Morgan fingerprint density at radius 2 is 1.82 bits per heavy atom. The first-order chi connectivity index (χ1) is 8.29. The average Bonchev–Trinajstić information content (AvgIpc) is 2.37. The second-order valence-electron chi connectivity index (χ2n) is 3.71. The van der Waals surface area contributed by atoms with Gasteiger partial charge in [-0.15, -0.1) is 0 Å². The lowest BCUT2D eigenvalue weighted by Crippen LogP contribution is -1.85. The van der Waals surface area contributed by atoms with Crippen LogP contribution in [0.2, 0.25) is 0 Å². The highest BCUT2D eigenvalue weighted by Crippen LogP contribution is 2.18. The number of hydrogen-bond acceptors (Lipinski definition) is 2. The van der Waals surface area contributed by atoms with Crippen molar-refractivity contribution in [1.82, 2.24) is 0 Å². The number of benzene rings is 2. The van der Waals surface area contributed by atoms with Gasteiger partial charge < -0.3 is 5.73 Å². The lowest BCUT2D eigenvalue weighted by Gasteiger charge is -2.00. The van der Waals surface area contributed by atoms with Crippen LogP contribution in [0, 0.1) is 11.3 Å². The maximum absolute atomic E-state index is 9.16. The zero-order valence-electron chi connectivity index (χ0n) is 9.30. The minimum absolute atomic E-state index is 0.635. The molecule has 0 aromatic heterocycles. The van der Waals surface area contributed by atoms with E-state index < -0.39 is 0 Å². The molecule has 0 saturated heterocycles. The van der Waals surface area contributed by atoms with Gasteiger partial charge >= 0.3 is 0 Å². The summed E-state index contributed by atoms with van der Waals surface area (Å²) >= 11 is 0. The van der Waals surface area contributed by atoms with Crippen molar-refractivity contribution in [3.63, 3.8) is 0 Å². The maximum atomic E-state index is 9.16. The van der Waals surface area contributed by atoms with Crippen LogP contribution in [0.25, 0.3) is 11.6 Å². The molecule has 82 valence electrons. The van der Waals surface area contributed by atoms with E-state index in [1.165, 1.54) is 0 Å². The van der Waals surface area contributed by atoms with Gasteiger partial charge in [0.15, 0.2) is 0 Å². The van der Waals surface area contributed by atoms with Crippen molar-refractivity contribution in [2.45, 2.75) is 0 Å². The lowest BCUT2D eigenvalue weighted by molar-refractivity contribution is 1.52. The molecule has 0 spiro atoms. The predicted octanol–water partition coefficient (Wildman–Crippen LogP) is 3.33. The van der Waals surface area contributed by atoms with Gasteiger partial charge in [0.25, 0.3) is 0 Å². The monoisotopic (exact) mass is 220 g/mol. The van der Waals surface area contributed by atoms with Gasteiger partial charge in [0.2, 0.25) is 0 Å². The highest BCUT2D eigenvalue weighted by atomic mass is 14.5. The average molecular weight is 220 g/mol. The van der Waals surface area contributed by atoms with E-state index in [9.17, 15) is 0 Å². The third kappa shape index (κ3) is 2.73. The molecule has 2 N–H and O–H groups in total. The Balaban J connectivity index is 2.41. The van der Waals surface area contributed by atoms with Crippen molar-refractivity contribution in [3.05, 3.63) is 65.7 Å². The SMILES string of the molecule is N#CC(=Cc1cccc(N)c1)c1ccccc1. The van der Waals surface area contributed by atoms with Gasteiger partial charge in [0.05, 0.1) is 11.6 Å². The Morgan fingerprint density at radius 3 is 2.47 bits per heavy atom. The lowest BCUT2D eigenvalue weighted by atomic mass is 10.0. The summed E-state index contributed by atoms with van der Waals surface area (Å²) in [6.45, 7) is 0. The van der Waals surface area contributed by atoms with Gasteiger partial charge in [-0.2, -0.15) is 5.26 Å². The molecule has 2 heteroatoms. The number of nitrogens with two attached hydrogens (primary N) is 1. The normalized spacial score (nSPS) is 10.9. The molecule has 2 nitrogen and oxygen atoms in total. The quantitative estimate of drug-likeness (QED) is 0.479. The van der Waals surface area contributed by atoms with Crippen LogP contribution in [-0.2, 0) is 0 Å². The van der Waals surface area contributed by atoms with Crippen LogP contribution in [0.15, 0.2) is 54.6 Å². The van der Waals surface area contributed by atoms with Gasteiger partial charge in [0.1, 0.15) is 0 Å². The van der Waals surface area contributed by atoms with E-state index in [-0.39, 0.29) is 0 Å². The van der Waals surface area contributed by atoms with Crippen molar-refractivity contribution < 1.29 is 0 Å². The topological polar surface area (TPSA) is 49.8 Å². The molecule has 0 amide bonds. The van der Waals surface area contributed by atoms with E-state index in [1.807, 2.05) is 60.7 Å². The summed E-state index contributed by atoms with van der Waals surface area (Å²) in [6, 6.07) is 19.3. The molecule has 0 atom stereocenters. The smallest absolute Gasteiger partial charge is 0.0998 e. The largest absolute Gasteiger partial charge is 0.399 e. The van der Waals surface area contributed by atoms with E-state index in [0.717, 1.165) is 11.1 Å². The van der Waals surface area contributed by atoms with Crippen LogP contribution in [0.5, 0.6) is 0 Å². The highest BCUT2D eigenvalue weighted by molar-refractivity contribution is 5.89. The van der Waals surface area contributed by atoms with E-state index >= 15 is 0 Å². The number of rotatable bonds is 2. The summed E-state index contributed by atoms with van der Waals surface area (Å²) < 4.78 is 0. The fraction of sp³-hybridized carbons (Fsp3) is 0. The summed E-state index contributed by atoms with van der Waals surface area (Å²) in [4.78, 5) is 0. The number of nitriles is 1. The van der Waals surface area contributed by atoms with Crippen molar-refractivity contribution in [3.8, 4) is 6.07 Å². The molecule has 0 unspecified atom stereocenters. The van der Waals surface area contributed by atoms with Crippen molar-refractivity contribution in [1.29, 1.82) is 5.26 Å². The molecule has 0 aliphatic heterocycles. The number of nitrogen functional groups attached to an aromatic ring is 1. The molecular formula is C15H12N2.